The minimum absolute atomic E-state index is 0.554. The zero-order valence-electron chi connectivity index (χ0n) is 10.9. The predicted octanol–water partition coefficient (Wildman–Crippen LogP) is 2.58. The van der Waals surface area contributed by atoms with Crippen molar-refractivity contribution in [3.8, 4) is 11.5 Å². The number of nitrogens with one attached hydrogen (secondary N) is 1. The van der Waals surface area contributed by atoms with Crippen molar-refractivity contribution in [2.45, 2.75) is 26.9 Å². The summed E-state index contributed by atoms with van der Waals surface area (Å²) in [7, 11) is 1.84. The van der Waals surface area contributed by atoms with Crippen LogP contribution in [-0.2, 0) is 0 Å². The Kier molecular flexibility index (Phi) is 5.10. The maximum absolute atomic E-state index is 9.82. The molecule has 0 amide bonds. The first-order valence-corrected chi connectivity index (χ1v) is 5.93. The highest BCUT2D eigenvalue weighted by atomic mass is 16.5. The van der Waals surface area contributed by atoms with Crippen LogP contribution in [0.5, 0.6) is 11.5 Å². The van der Waals surface area contributed by atoms with E-state index in [1.807, 2.05) is 33.0 Å². The second-order valence-electron chi connectivity index (χ2n) is 3.68. The fourth-order valence-electron chi connectivity index (χ4n) is 1.71. The van der Waals surface area contributed by atoms with Crippen molar-refractivity contribution in [1.82, 2.24) is 0 Å². The molecule has 0 bridgehead atoms. The number of aliphatic hydroxyl groups excluding tert-OH is 1. The van der Waals surface area contributed by atoms with Crippen molar-refractivity contribution in [3.05, 3.63) is 17.7 Å². The molecule has 0 fully saturated rings. The number of anilines is 1. The highest BCUT2D eigenvalue weighted by Crippen LogP contribution is 2.37. The van der Waals surface area contributed by atoms with Crippen LogP contribution in [0.4, 0.5) is 5.69 Å². The molecule has 4 nitrogen and oxygen atoms in total. The molecule has 0 saturated heterocycles. The molecular weight excluding hydrogens is 218 g/mol. The molecule has 0 spiro atoms. The Hall–Kier alpha value is -1.42. The lowest BCUT2D eigenvalue weighted by molar-refractivity contribution is 0.184. The summed E-state index contributed by atoms with van der Waals surface area (Å²) in [5.74, 6) is 1.33. The molecule has 0 aliphatic rings. The van der Waals surface area contributed by atoms with Gasteiger partial charge >= 0.3 is 0 Å². The largest absolute Gasteiger partial charge is 0.493 e. The molecule has 17 heavy (non-hydrogen) atoms. The second-order valence-corrected chi connectivity index (χ2v) is 3.68. The van der Waals surface area contributed by atoms with Gasteiger partial charge < -0.3 is 19.9 Å². The normalized spacial score (nSPS) is 12.1. The van der Waals surface area contributed by atoms with Crippen molar-refractivity contribution in [2.24, 2.45) is 0 Å². The van der Waals surface area contributed by atoms with Gasteiger partial charge in [0.1, 0.15) is 11.5 Å². The van der Waals surface area contributed by atoms with Crippen molar-refractivity contribution in [1.29, 1.82) is 0 Å². The summed E-state index contributed by atoms with van der Waals surface area (Å²) in [6, 6.07) is 3.74. The summed E-state index contributed by atoms with van der Waals surface area (Å²) in [6.07, 6.45) is -0.621. The number of hydrogen-bond acceptors (Lipinski definition) is 4. The molecule has 0 radical (unpaired) electrons. The fraction of sp³-hybridized carbons (Fsp3) is 0.538. The highest BCUT2D eigenvalue weighted by Gasteiger charge is 2.17. The summed E-state index contributed by atoms with van der Waals surface area (Å²) in [4.78, 5) is 0. The molecule has 0 aromatic heterocycles. The Morgan fingerprint density at radius 2 is 1.65 bits per heavy atom. The van der Waals surface area contributed by atoms with Crippen LogP contribution in [0.3, 0.4) is 0 Å². The molecular formula is C13H21NO3. The molecule has 0 heterocycles. The van der Waals surface area contributed by atoms with Gasteiger partial charge in [0.25, 0.3) is 0 Å². The molecule has 0 saturated carbocycles. The molecule has 0 aliphatic carbocycles. The lowest BCUT2D eigenvalue weighted by Crippen LogP contribution is -2.05. The Bertz CT molecular complexity index is 337. The van der Waals surface area contributed by atoms with Gasteiger partial charge in [0.05, 0.1) is 24.9 Å². The van der Waals surface area contributed by atoms with Crippen molar-refractivity contribution >= 4 is 5.69 Å². The maximum atomic E-state index is 9.82. The van der Waals surface area contributed by atoms with E-state index in [1.165, 1.54) is 0 Å². The first kappa shape index (κ1) is 13.6. The molecule has 1 aromatic carbocycles. The smallest absolute Gasteiger partial charge is 0.130 e. The average molecular weight is 239 g/mol. The van der Waals surface area contributed by atoms with Gasteiger partial charge in [-0.1, -0.05) is 0 Å². The zero-order chi connectivity index (χ0) is 12.8. The molecule has 4 heteroatoms. The van der Waals surface area contributed by atoms with Gasteiger partial charge in [0.15, 0.2) is 0 Å². The van der Waals surface area contributed by atoms with E-state index >= 15 is 0 Å². The van der Waals surface area contributed by atoms with Crippen LogP contribution in [0.15, 0.2) is 12.1 Å². The van der Waals surface area contributed by atoms with E-state index in [1.54, 1.807) is 6.92 Å². The minimum atomic E-state index is -0.621. The van der Waals surface area contributed by atoms with E-state index in [2.05, 4.69) is 5.32 Å². The quantitative estimate of drug-likeness (QED) is 0.801. The van der Waals surface area contributed by atoms with E-state index in [0.717, 1.165) is 5.69 Å². The van der Waals surface area contributed by atoms with Crippen LogP contribution in [0.1, 0.15) is 32.4 Å². The summed E-state index contributed by atoms with van der Waals surface area (Å²) in [6.45, 7) is 6.65. The van der Waals surface area contributed by atoms with Gasteiger partial charge in [-0.25, -0.2) is 0 Å². The van der Waals surface area contributed by atoms with E-state index < -0.39 is 6.10 Å². The third-order valence-electron chi connectivity index (χ3n) is 2.41. The number of benzene rings is 1. The third-order valence-corrected chi connectivity index (χ3v) is 2.41. The topological polar surface area (TPSA) is 50.7 Å². The molecule has 1 unspecified atom stereocenters. The van der Waals surface area contributed by atoms with E-state index in [-0.39, 0.29) is 0 Å². The summed E-state index contributed by atoms with van der Waals surface area (Å²) in [5, 5.41) is 12.9. The predicted molar refractivity (Wildman–Crippen MR) is 69.0 cm³/mol. The summed E-state index contributed by atoms with van der Waals surface area (Å²) < 4.78 is 11.1. The van der Waals surface area contributed by atoms with E-state index in [4.69, 9.17) is 9.47 Å². The first-order valence-electron chi connectivity index (χ1n) is 5.93. The summed E-state index contributed by atoms with van der Waals surface area (Å²) in [5.41, 5.74) is 1.61. The number of ether oxygens (including phenoxy) is 2. The van der Waals surface area contributed by atoms with Crippen LogP contribution < -0.4 is 14.8 Å². The number of rotatable bonds is 6. The molecule has 2 N–H and O–H groups in total. The van der Waals surface area contributed by atoms with Gasteiger partial charge in [-0.3, -0.25) is 0 Å². The van der Waals surface area contributed by atoms with Crippen LogP contribution in [0.25, 0.3) is 0 Å². The maximum Gasteiger partial charge on any atom is 0.130 e. The average Bonchev–Trinajstić information content (AvgIpc) is 2.28. The van der Waals surface area contributed by atoms with Crippen molar-refractivity contribution in [3.63, 3.8) is 0 Å². The molecule has 96 valence electrons. The molecule has 1 aromatic rings. The van der Waals surface area contributed by atoms with Crippen molar-refractivity contribution in [2.75, 3.05) is 25.6 Å². The van der Waals surface area contributed by atoms with Gasteiger partial charge in [-0.05, 0) is 20.8 Å². The van der Waals surface area contributed by atoms with Gasteiger partial charge in [-0.2, -0.15) is 0 Å². The lowest BCUT2D eigenvalue weighted by Gasteiger charge is -2.18. The Morgan fingerprint density at radius 1 is 1.18 bits per heavy atom. The van der Waals surface area contributed by atoms with Crippen LogP contribution in [0, 0.1) is 0 Å². The SMILES string of the molecule is CCOc1cc(NC)cc(OCC)c1C(C)O. The van der Waals surface area contributed by atoms with E-state index in [9.17, 15) is 5.11 Å². The van der Waals surface area contributed by atoms with E-state index in [0.29, 0.717) is 30.3 Å². The van der Waals surface area contributed by atoms with Crippen LogP contribution >= 0.6 is 0 Å². The lowest BCUT2D eigenvalue weighted by atomic mass is 10.1. The van der Waals surface area contributed by atoms with Gasteiger partial charge in [-0.15, -0.1) is 0 Å². The van der Waals surface area contributed by atoms with Crippen molar-refractivity contribution < 1.29 is 14.6 Å². The molecule has 1 atom stereocenters. The van der Waals surface area contributed by atoms with Crippen LogP contribution in [0.2, 0.25) is 0 Å². The molecule has 1 rings (SSSR count). The van der Waals surface area contributed by atoms with Gasteiger partial charge in [0, 0.05) is 24.9 Å². The molecule has 0 aliphatic heterocycles. The standard InChI is InChI=1S/C13H21NO3/c1-5-16-11-7-10(14-4)8-12(17-6-2)13(11)9(3)15/h7-9,14-15H,5-6H2,1-4H3. The Morgan fingerprint density at radius 3 is 1.94 bits per heavy atom. The third kappa shape index (κ3) is 3.27. The Balaban J connectivity index is 3.27. The minimum Gasteiger partial charge on any atom is -0.493 e. The zero-order valence-corrected chi connectivity index (χ0v) is 10.9. The second kappa shape index (κ2) is 6.35. The Labute approximate surface area is 103 Å². The highest BCUT2D eigenvalue weighted by molar-refractivity contribution is 5.59. The monoisotopic (exact) mass is 239 g/mol. The first-order chi connectivity index (χ1) is 8.13. The van der Waals surface area contributed by atoms with Crippen LogP contribution in [-0.4, -0.2) is 25.4 Å². The summed E-state index contributed by atoms with van der Waals surface area (Å²) >= 11 is 0. The van der Waals surface area contributed by atoms with Gasteiger partial charge in [0.2, 0.25) is 0 Å². The number of hydrogen-bond donors (Lipinski definition) is 2. The fourth-order valence-corrected chi connectivity index (χ4v) is 1.71. The number of aliphatic hydroxyl groups is 1.